The van der Waals surface area contributed by atoms with Gasteiger partial charge in [0.2, 0.25) is 0 Å². The van der Waals surface area contributed by atoms with Gasteiger partial charge in [-0.3, -0.25) is 4.90 Å². The number of nitrogens with zero attached hydrogens (tertiary/aromatic N) is 1. The van der Waals surface area contributed by atoms with E-state index in [0.29, 0.717) is 11.7 Å². The summed E-state index contributed by atoms with van der Waals surface area (Å²) in [6.45, 7) is 8.53. The van der Waals surface area contributed by atoms with Crippen LogP contribution in [0.4, 0.5) is 0 Å². The summed E-state index contributed by atoms with van der Waals surface area (Å²) in [5.41, 5.74) is 6.97. The van der Waals surface area contributed by atoms with Gasteiger partial charge >= 0.3 is 0 Å². The molecule has 0 spiro atoms. The van der Waals surface area contributed by atoms with E-state index in [4.69, 9.17) is 15.9 Å². The molecule has 5 heteroatoms. The molecule has 0 aliphatic carbocycles. The molecular weight excluding hydrogens is 204 g/mol. The second-order valence-electron chi connectivity index (χ2n) is 4.11. The van der Waals surface area contributed by atoms with Crippen LogP contribution in [0.25, 0.3) is 0 Å². The monoisotopic (exact) mass is 226 g/mol. The minimum Gasteiger partial charge on any atom is -0.396 e. The number of nitrogens with two attached hydrogens (primary N) is 1. The molecule has 0 radical (unpaired) electrons. The smallest absolute Gasteiger partial charge is 0.0682 e. The standard InChI is InChI=1S/C11H22N4O/c1-9-8-16-6-5-15(9)4-3-14-10(2)11(13)7-12/h7,9,12,14H,3-6,8,13H2,1-2H3/b11-10+,12-7?/t9-/m0/s1. The van der Waals surface area contributed by atoms with Crippen LogP contribution < -0.4 is 11.1 Å². The molecule has 0 amide bonds. The summed E-state index contributed by atoms with van der Waals surface area (Å²) in [7, 11) is 0. The molecular formula is C11H22N4O. The van der Waals surface area contributed by atoms with E-state index in [1.807, 2.05) is 6.92 Å². The van der Waals surface area contributed by atoms with Crippen molar-refractivity contribution in [2.75, 3.05) is 32.8 Å². The Morgan fingerprint density at radius 1 is 1.69 bits per heavy atom. The highest BCUT2D eigenvalue weighted by Crippen LogP contribution is 2.04. The van der Waals surface area contributed by atoms with Crippen LogP contribution in [-0.4, -0.2) is 50.0 Å². The third-order valence-electron chi connectivity index (χ3n) is 2.88. The Morgan fingerprint density at radius 3 is 3.06 bits per heavy atom. The summed E-state index contributed by atoms with van der Waals surface area (Å²) in [6, 6.07) is 0.486. The van der Waals surface area contributed by atoms with Gasteiger partial charge in [-0.1, -0.05) is 0 Å². The van der Waals surface area contributed by atoms with Crippen LogP contribution in [0.3, 0.4) is 0 Å². The van der Waals surface area contributed by atoms with E-state index < -0.39 is 0 Å². The normalized spacial score (nSPS) is 23.8. The van der Waals surface area contributed by atoms with E-state index in [2.05, 4.69) is 17.1 Å². The number of allylic oxidation sites excluding steroid dienone is 2. The number of morpholine rings is 1. The van der Waals surface area contributed by atoms with Crippen molar-refractivity contribution >= 4 is 6.21 Å². The second kappa shape index (κ2) is 6.50. The van der Waals surface area contributed by atoms with Gasteiger partial charge in [0.05, 0.1) is 18.9 Å². The van der Waals surface area contributed by atoms with Crippen LogP contribution in [0.2, 0.25) is 0 Å². The summed E-state index contributed by atoms with van der Waals surface area (Å²) in [5, 5.41) is 10.2. The molecule has 1 aliphatic heterocycles. The molecule has 1 aliphatic rings. The van der Waals surface area contributed by atoms with Crippen LogP contribution in [-0.2, 0) is 4.74 Å². The Hall–Kier alpha value is -1.07. The Bertz CT molecular complexity index is 265. The molecule has 1 rings (SSSR count). The van der Waals surface area contributed by atoms with E-state index in [0.717, 1.165) is 38.5 Å². The minimum atomic E-state index is 0.486. The number of rotatable bonds is 5. The number of hydrogen-bond donors (Lipinski definition) is 3. The van der Waals surface area contributed by atoms with Gasteiger partial charge in [-0.25, -0.2) is 0 Å². The van der Waals surface area contributed by atoms with Crippen LogP contribution in [0.15, 0.2) is 11.4 Å². The second-order valence-corrected chi connectivity index (χ2v) is 4.11. The highest BCUT2D eigenvalue weighted by molar-refractivity contribution is 5.75. The number of hydrogen-bond acceptors (Lipinski definition) is 5. The van der Waals surface area contributed by atoms with Crippen molar-refractivity contribution in [2.24, 2.45) is 5.73 Å². The lowest BCUT2D eigenvalue weighted by atomic mass is 10.2. The largest absolute Gasteiger partial charge is 0.396 e. The van der Waals surface area contributed by atoms with E-state index >= 15 is 0 Å². The summed E-state index contributed by atoms with van der Waals surface area (Å²) in [6.07, 6.45) is 1.17. The third kappa shape index (κ3) is 3.83. The highest BCUT2D eigenvalue weighted by Gasteiger charge is 2.17. The van der Waals surface area contributed by atoms with Crippen LogP contribution in [0.1, 0.15) is 13.8 Å². The molecule has 92 valence electrons. The van der Waals surface area contributed by atoms with Crippen LogP contribution in [0, 0.1) is 5.41 Å². The van der Waals surface area contributed by atoms with E-state index in [1.165, 1.54) is 6.21 Å². The Balaban J connectivity index is 2.27. The predicted molar refractivity (Wildman–Crippen MR) is 65.5 cm³/mol. The molecule has 5 nitrogen and oxygen atoms in total. The molecule has 1 atom stereocenters. The average molecular weight is 226 g/mol. The molecule has 1 heterocycles. The summed E-state index contributed by atoms with van der Waals surface area (Å²) in [4.78, 5) is 2.39. The van der Waals surface area contributed by atoms with Gasteiger partial charge in [0.15, 0.2) is 0 Å². The number of nitrogens with one attached hydrogen (secondary N) is 2. The first kappa shape index (κ1) is 13.0. The first-order chi connectivity index (χ1) is 7.65. The van der Waals surface area contributed by atoms with Crippen molar-refractivity contribution in [3.8, 4) is 0 Å². The van der Waals surface area contributed by atoms with Crippen molar-refractivity contribution in [1.82, 2.24) is 10.2 Å². The third-order valence-corrected chi connectivity index (χ3v) is 2.88. The molecule has 1 saturated heterocycles. The molecule has 0 unspecified atom stereocenters. The van der Waals surface area contributed by atoms with Gasteiger partial charge < -0.3 is 21.2 Å². The SMILES string of the molecule is C/C(NCCN1CCOC[C@@H]1C)=C(\N)C=N. The first-order valence-corrected chi connectivity index (χ1v) is 5.67. The van der Waals surface area contributed by atoms with Crippen molar-refractivity contribution in [3.05, 3.63) is 11.4 Å². The van der Waals surface area contributed by atoms with Gasteiger partial charge in [0, 0.05) is 37.6 Å². The molecule has 1 fully saturated rings. The van der Waals surface area contributed by atoms with Gasteiger partial charge in [0.25, 0.3) is 0 Å². The fourth-order valence-electron chi connectivity index (χ4n) is 1.69. The number of ether oxygens (including phenoxy) is 1. The van der Waals surface area contributed by atoms with E-state index in [1.54, 1.807) is 0 Å². The molecule has 0 saturated carbocycles. The van der Waals surface area contributed by atoms with Crippen molar-refractivity contribution in [3.63, 3.8) is 0 Å². The minimum absolute atomic E-state index is 0.486. The summed E-state index contributed by atoms with van der Waals surface area (Å²) < 4.78 is 5.37. The molecule has 0 aromatic rings. The maximum absolute atomic E-state index is 7.03. The molecule has 0 aromatic carbocycles. The zero-order chi connectivity index (χ0) is 12.0. The molecule has 0 aromatic heterocycles. The fourth-order valence-corrected chi connectivity index (χ4v) is 1.69. The fraction of sp³-hybridized carbons (Fsp3) is 0.727. The molecule has 4 N–H and O–H groups in total. The summed E-state index contributed by atoms with van der Waals surface area (Å²) in [5.74, 6) is 0. The summed E-state index contributed by atoms with van der Waals surface area (Å²) >= 11 is 0. The van der Waals surface area contributed by atoms with Gasteiger partial charge in [-0.15, -0.1) is 0 Å². The van der Waals surface area contributed by atoms with Crippen molar-refractivity contribution in [1.29, 1.82) is 5.41 Å². The first-order valence-electron chi connectivity index (χ1n) is 5.67. The average Bonchev–Trinajstić information content (AvgIpc) is 2.30. The molecule has 0 bridgehead atoms. The van der Waals surface area contributed by atoms with Gasteiger partial charge in [0.1, 0.15) is 0 Å². The van der Waals surface area contributed by atoms with Gasteiger partial charge in [-0.2, -0.15) is 0 Å². The topological polar surface area (TPSA) is 74.4 Å². The van der Waals surface area contributed by atoms with E-state index in [-0.39, 0.29) is 0 Å². The lowest BCUT2D eigenvalue weighted by molar-refractivity contribution is 0.000683. The zero-order valence-electron chi connectivity index (χ0n) is 10.1. The zero-order valence-corrected chi connectivity index (χ0v) is 10.1. The maximum Gasteiger partial charge on any atom is 0.0682 e. The lowest BCUT2D eigenvalue weighted by Gasteiger charge is -2.33. The van der Waals surface area contributed by atoms with Crippen molar-refractivity contribution in [2.45, 2.75) is 19.9 Å². The van der Waals surface area contributed by atoms with Crippen LogP contribution >= 0.6 is 0 Å². The van der Waals surface area contributed by atoms with Crippen molar-refractivity contribution < 1.29 is 4.74 Å². The Morgan fingerprint density at radius 2 is 2.44 bits per heavy atom. The lowest BCUT2D eigenvalue weighted by Crippen LogP contribution is -2.46. The van der Waals surface area contributed by atoms with Gasteiger partial charge in [-0.05, 0) is 13.8 Å². The Kier molecular flexibility index (Phi) is 5.28. The van der Waals surface area contributed by atoms with Crippen LogP contribution in [0.5, 0.6) is 0 Å². The Labute approximate surface area is 97.1 Å². The molecule has 16 heavy (non-hydrogen) atoms. The highest BCUT2D eigenvalue weighted by atomic mass is 16.5. The quantitative estimate of drug-likeness (QED) is 0.583. The predicted octanol–water partition coefficient (Wildman–Crippen LogP) is 0.136. The van der Waals surface area contributed by atoms with E-state index in [9.17, 15) is 0 Å². The maximum atomic E-state index is 7.03.